The summed E-state index contributed by atoms with van der Waals surface area (Å²) in [6, 6.07) is 0. The molecule has 0 rings (SSSR count). The number of rotatable bonds is 7. The molecule has 4 nitrogen and oxygen atoms in total. The van der Waals surface area contributed by atoms with Gasteiger partial charge in [-0.25, -0.2) is 8.42 Å². The van der Waals surface area contributed by atoms with Crippen molar-refractivity contribution in [1.82, 2.24) is 4.90 Å². The lowest BCUT2D eigenvalue weighted by Gasteiger charge is -2.16. The second-order valence-electron chi connectivity index (χ2n) is 3.51. The van der Waals surface area contributed by atoms with Gasteiger partial charge in [-0.2, -0.15) is 0 Å². The van der Waals surface area contributed by atoms with Crippen LogP contribution in [0, 0.1) is 0 Å². The lowest BCUT2D eigenvalue weighted by atomic mass is 10.3. The summed E-state index contributed by atoms with van der Waals surface area (Å²) in [5, 5.41) is 0. The van der Waals surface area contributed by atoms with Crippen LogP contribution in [-0.2, 0) is 14.6 Å². The van der Waals surface area contributed by atoms with Crippen molar-refractivity contribution in [3.63, 3.8) is 0 Å². The van der Waals surface area contributed by atoms with E-state index < -0.39 is 15.6 Å². The molecular weight excluding hydrogens is 214 g/mol. The lowest BCUT2D eigenvalue weighted by molar-refractivity contribution is -0.127. The van der Waals surface area contributed by atoms with Crippen LogP contribution in [0.5, 0.6) is 0 Å². The van der Waals surface area contributed by atoms with Gasteiger partial charge >= 0.3 is 0 Å². The summed E-state index contributed by atoms with van der Waals surface area (Å²) < 4.78 is 22.6. The van der Waals surface area contributed by atoms with Gasteiger partial charge in [0.05, 0.1) is 5.75 Å². The highest BCUT2D eigenvalue weighted by Gasteiger charge is 2.17. The van der Waals surface area contributed by atoms with Crippen LogP contribution in [-0.4, -0.2) is 44.3 Å². The zero-order valence-electron chi connectivity index (χ0n) is 9.40. The largest absolute Gasteiger partial charge is 0.345 e. The van der Waals surface area contributed by atoms with Gasteiger partial charge in [0.15, 0.2) is 9.84 Å². The highest BCUT2D eigenvalue weighted by molar-refractivity contribution is 7.92. The minimum absolute atomic E-state index is 0.139. The van der Waals surface area contributed by atoms with Gasteiger partial charge in [-0.15, -0.1) is 6.58 Å². The molecule has 88 valence electrons. The van der Waals surface area contributed by atoms with Crippen molar-refractivity contribution in [2.24, 2.45) is 0 Å². The van der Waals surface area contributed by atoms with Gasteiger partial charge in [0.2, 0.25) is 5.91 Å². The predicted octanol–water partition coefficient (Wildman–Crippen LogP) is 0.846. The number of nitrogens with zero attached hydrogens (tertiary/aromatic N) is 1. The zero-order valence-corrected chi connectivity index (χ0v) is 10.2. The van der Waals surface area contributed by atoms with Crippen LogP contribution in [0.1, 0.15) is 19.8 Å². The first-order valence-corrected chi connectivity index (χ1v) is 6.80. The zero-order chi connectivity index (χ0) is 11.9. The van der Waals surface area contributed by atoms with Crippen LogP contribution < -0.4 is 0 Å². The molecule has 5 heteroatoms. The molecule has 0 saturated carbocycles. The monoisotopic (exact) mass is 233 g/mol. The number of carbonyl (C=O) groups excluding carboxylic acids is 1. The molecule has 0 aliphatic rings. The number of amides is 1. The highest BCUT2D eigenvalue weighted by Crippen LogP contribution is 1.97. The van der Waals surface area contributed by atoms with E-state index in [0.717, 1.165) is 12.8 Å². The molecule has 0 aromatic carbocycles. The topological polar surface area (TPSA) is 54.5 Å². The first kappa shape index (κ1) is 14.2. The fraction of sp³-hybridized carbons (Fsp3) is 0.700. The molecule has 1 amide bonds. The maximum Gasteiger partial charge on any atom is 0.237 e. The van der Waals surface area contributed by atoms with Crippen LogP contribution in [0.15, 0.2) is 12.7 Å². The summed E-state index contributed by atoms with van der Waals surface area (Å²) in [6.07, 6.45) is 3.18. The summed E-state index contributed by atoms with van der Waals surface area (Å²) in [5.41, 5.74) is 0. The first-order valence-electron chi connectivity index (χ1n) is 4.98. The van der Waals surface area contributed by atoms with E-state index in [1.807, 2.05) is 6.92 Å². The third-order valence-electron chi connectivity index (χ3n) is 1.99. The molecule has 0 aliphatic heterocycles. The van der Waals surface area contributed by atoms with Crippen LogP contribution in [0.25, 0.3) is 0 Å². The van der Waals surface area contributed by atoms with Crippen molar-refractivity contribution in [1.29, 1.82) is 0 Å². The Kier molecular flexibility index (Phi) is 6.24. The molecule has 0 saturated heterocycles. The molecule has 0 aromatic rings. The molecule has 0 radical (unpaired) electrons. The quantitative estimate of drug-likeness (QED) is 0.612. The molecule has 0 bridgehead atoms. The minimum Gasteiger partial charge on any atom is -0.345 e. The Balaban J connectivity index is 4.18. The van der Waals surface area contributed by atoms with E-state index in [4.69, 9.17) is 0 Å². The van der Waals surface area contributed by atoms with Crippen molar-refractivity contribution in [2.75, 3.05) is 25.1 Å². The Morgan fingerprint density at radius 1 is 1.47 bits per heavy atom. The van der Waals surface area contributed by atoms with Gasteiger partial charge < -0.3 is 4.90 Å². The summed E-state index contributed by atoms with van der Waals surface area (Å²) >= 11 is 0. The van der Waals surface area contributed by atoms with E-state index >= 15 is 0 Å². The van der Waals surface area contributed by atoms with E-state index in [1.54, 1.807) is 7.05 Å². The minimum atomic E-state index is -3.31. The summed E-state index contributed by atoms with van der Waals surface area (Å²) in [5.74, 6) is -0.898. The average Bonchev–Trinajstić information content (AvgIpc) is 2.13. The van der Waals surface area contributed by atoms with Gasteiger partial charge in [0.1, 0.15) is 5.75 Å². The van der Waals surface area contributed by atoms with Crippen molar-refractivity contribution in [3.8, 4) is 0 Å². The Morgan fingerprint density at radius 3 is 2.53 bits per heavy atom. The molecule has 15 heavy (non-hydrogen) atoms. The third kappa shape index (κ3) is 6.28. The van der Waals surface area contributed by atoms with E-state index in [0.29, 0.717) is 6.54 Å². The number of hydrogen-bond acceptors (Lipinski definition) is 3. The summed E-state index contributed by atoms with van der Waals surface area (Å²) in [7, 11) is -1.68. The van der Waals surface area contributed by atoms with Crippen molar-refractivity contribution >= 4 is 15.7 Å². The molecule has 0 atom stereocenters. The Bertz CT molecular complexity index is 309. The van der Waals surface area contributed by atoms with Gasteiger partial charge in [0, 0.05) is 13.6 Å². The highest BCUT2D eigenvalue weighted by atomic mass is 32.2. The van der Waals surface area contributed by atoms with Crippen LogP contribution in [0.3, 0.4) is 0 Å². The molecule has 0 aliphatic carbocycles. The van der Waals surface area contributed by atoms with Crippen molar-refractivity contribution < 1.29 is 13.2 Å². The second-order valence-corrected chi connectivity index (χ2v) is 5.62. The number of hydrogen-bond donors (Lipinski definition) is 0. The van der Waals surface area contributed by atoms with Crippen molar-refractivity contribution in [2.45, 2.75) is 19.8 Å². The van der Waals surface area contributed by atoms with Crippen molar-refractivity contribution in [3.05, 3.63) is 12.7 Å². The SMILES string of the molecule is C=CCS(=O)(=O)CC(=O)N(C)CCCC. The van der Waals surface area contributed by atoms with E-state index in [1.165, 1.54) is 11.0 Å². The fourth-order valence-electron chi connectivity index (χ4n) is 1.06. The lowest BCUT2D eigenvalue weighted by Crippen LogP contribution is -2.33. The normalized spacial score (nSPS) is 11.1. The summed E-state index contributed by atoms with van der Waals surface area (Å²) in [6.45, 7) is 5.97. The molecule has 0 unspecified atom stereocenters. The fourth-order valence-corrected chi connectivity index (χ4v) is 2.13. The molecular formula is C10H19NO3S. The maximum atomic E-state index is 11.5. The average molecular weight is 233 g/mol. The van der Waals surface area contributed by atoms with Crippen LogP contribution in [0.4, 0.5) is 0 Å². The number of sulfone groups is 1. The first-order chi connectivity index (χ1) is 6.93. The van der Waals surface area contributed by atoms with Gasteiger partial charge in [-0.3, -0.25) is 4.79 Å². The van der Waals surface area contributed by atoms with Crippen LogP contribution in [0.2, 0.25) is 0 Å². The number of unbranched alkanes of at least 4 members (excludes halogenated alkanes) is 1. The Hall–Kier alpha value is -0.840. The van der Waals surface area contributed by atoms with E-state index in [9.17, 15) is 13.2 Å². The molecule has 0 heterocycles. The predicted molar refractivity (Wildman–Crippen MR) is 61.4 cm³/mol. The molecule has 0 fully saturated rings. The second kappa shape index (κ2) is 6.61. The van der Waals surface area contributed by atoms with Crippen LogP contribution >= 0.6 is 0 Å². The van der Waals surface area contributed by atoms with E-state index in [2.05, 4.69) is 6.58 Å². The standard InChI is InChI=1S/C10H19NO3S/c1-4-6-7-11(3)10(12)9-15(13,14)8-5-2/h5H,2,4,6-9H2,1,3H3. The number of carbonyl (C=O) groups is 1. The summed E-state index contributed by atoms with van der Waals surface area (Å²) in [4.78, 5) is 12.9. The van der Waals surface area contributed by atoms with E-state index in [-0.39, 0.29) is 11.7 Å². The smallest absolute Gasteiger partial charge is 0.237 e. The third-order valence-corrected chi connectivity index (χ3v) is 3.42. The van der Waals surface area contributed by atoms with Gasteiger partial charge in [-0.1, -0.05) is 19.4 Å². The van der Waals surface area contributed by atoms with Gasteiger partial charge in [0.25, 0.3) is 0 Å². The maximum absolute atomic E-state index is 11.5. The van der Waals surface area contributed by atoms with Gasteiger partial charge in [-0.05, 0) is 6.42 Å². The molecule has 0 aromatic heterocycles. The molecule has 0 N–H and O–H groups in total. The molecule has 0 spiro atoms. The Labute approximate surface area is 91.9 Å². The Morgan fingerprint density at radius 2 is 2.07 bits per heavy atom.